The van der Waals surface area contributed by atoms with Crippen LogP contribution in [0, 0.1) is 6.92 Å². The maximum absolute atomic E-state index is 13.1. The molecule has 0 radical (unpaired) electrons. The van der Waals surface area contributed by atoms with Gasteiger partial charge in [-0.15, -0.1) is 0 Å². The van der Waals surface area contributed by atoms with Crippen LogP contribution in [0.15, 0.2) is 91.1 Å². The van der Waals surface area contributed by atoms with E-state index >= 15 is 0 Å². The Balaban J connectivity index is 1.43. The van der Waals surface area contributed by atoms with E-state index in [2.05, 4.69) is 17.4 Å². The standard InChI is InChI=1S/C32H28F3N3O2/c1-21-6-3-8-23(16-21)25-12-14-29-37-31(24-9-5-11-27(18-24)40-2)28(38(29)20-25)13-15-30(39)36-19-22-7-4-10-26(17-22)32(33,34)35/h3-12,14,16-18,20H,13,15,19H2,1-2H3,(H,36,39). The number of benzene rings is 3. The van der Waals surface area contributed by atoms with Gasteiger partial charge in [0.05, 0.1) is 24.1 Å². The monoisotopic (exact) mass is 543 g/mol. The van der Waals surface area contributed by atoms with Gasteiger partial charge in [0.15, 0.2) is 0 Å². The van der Waals surface area contributed by atoms with Gasteiger partial charge < -0.3 is 14.5 Å². The van der Waals surface area contributed by atoms with Crippen LogP contribution in [0.2, 0.25) is 0 Å². The Morgan fingerprint density at radius 1 is 0.925 bits per heavy atom. The van der Waals surface area contributed by atoms with Crippen molar-refractivity contribution in [2.75, 3.05) is 7.11 Å². The number of imidazole rings is 1. The molecule has 0 spiro atoms. The molecule has 0 aliphatic carbocycles. The molecular weight excluding hydrogens is 515 g/mol. The highest BCUT2D eigenvalue weighted by molar-refractivity contribution is 5.77. The first-order valence-corrected chi connectivity index (χ1v) is 12.9. The molecule has 5 aromatic rings. The van der Waals surface area contributed by atoms with Gasteiger partial charge in [0.25, 0.3) is 0 Å². The largest absolute Gasteiger partial charge is 0.497 e. The molecule has 1 amide bonds. The summed E-state index contributed by atoms with van der Waals surface area (Å²) in [5.74, 6) is 0.429. The number of hydrogen-bond acceptors (Lipinski definition) is 3. The van der Waals surface area contributed by atoms with Gasteiger partial charge in [-0.3, -0.25) is 4.79 Å². The van der Waals surface area contributed by atoms with Crippen molar-refractivity contribution in [3.8, 4) is 28.1 Å². The molecule has 0 bridgehead atoms. The molecule has 0 unspecified atom stereocenters. The first-order chi connectivity index (χ1) is 19.2. The summed E-state index contributed by atoms with van der Waals surface area (Å²) in [6.07, 6.45) is -1.90. The van der Waals surface area contributed by atoms with E-state index in [1.54, 1.807) is 13.2 Å². The molecule has 5 rings (SSSR count). The lowest BCUT2D eigenvalue weighted by Crippen LogP contribution is -2.23. The van der Waals surface area contributed by atoms with Crippen LogP contribution >= 0.6 is 0 Å². The molecular formula is C32H28F3N3O2. The fourth-order valence-electron chi connectivity index (χ4n) is 4.71. The van der Waals surface area contributed by atoms with Crippen LogP contribution in [0.3, 0.4) is 0 Å². The fourth-order valence-corrected chi connectivity index (χ4v) is 4.71. The number of halogens is 3. The third-order valence-corrected chi connectivity index (χ3v) is 6.74. The third kappa shape index (κ3) is 6.01. The number of fused-ring (bicyclic) bond motifs is 1. The molecule has 5 nitrogen and oxygen atoms in total. The van der Waals surface area contributed by atoms with Crippen molar-refractivity contribution < 1.29 is 22.7 Å². The van der Waals surface area contributed by atoms with Crippen molar-refractivity contribution in [2.45, 2.75) is 32.5 Å². The van der Waals surface area contributed by atoms with Gasteiger partial charge in [-0.05, 0) is 66.4 Å². The number of alkyl halides is 3. The van der Waals surface area contributed by atoms with Crippen LogP contribution in [0.1, 0.15) is 28.8 Å². The molecule has 0 aliphatic rings. The van der Waals surface area contributed by atoms with Crippen LogP contribution in [0.5, 0.6) is 5.75 Å². The predicted molar refractivity (Wildman–Crippen MR) is 149 cm³/mol. The number of pyridine rings is 1. The van der Waals surface area contributed by atoms with Crippen molar-refractivity contribution in [1.82, 2.24) is 14.7 Å². The second-order valence-electron chi connectivity index (χ2n) is 9.63. The second-order valence-corrected chi connectivity index (χ2v) is 9.63. The number of rotatable bonds is 8. The van der Waals surface area contributed by atoms with Crippen LogP contribution in [0.4, 0.5) is 13.2 Å². The molecule has 0 saturated heterocycles. The smallest absolute Gasteiger partial charge is 0.416 e. The molecule has 1 N–H and O–H groups in total. The van der Waals surface area contributed by atoms with Gasteiger partial charge in [-0.25, -0.2) is 4.98 Å². The van der Waals surface area contributed by atoms with Crippen LogP contribution in [-0.4, -0.2) is 22.4 Å². The second kappa shape index (κ2) is 11.3. The Morgan fingerprint density at radius 2 is 1.70 bits per heavy atom. The zero-order chi connectivity index (χ0) is 28.3. The highest BCUT2D eigenvalue weighted by atomic mass is 19.4. The van der Waals surface area contributed by atoms with Gasteiger partial charge in [-0.2, -0.15) is 13.2 Å². The highest BCUT2D eigenvalue weighted by Crippen LogP contribution is 2.31. The molecule has 0 aliphatic heterocycles. The maximum atomic E-state index is 13.1. The summed E-state index contributed by atoms with van der Waals surface area (Å²) in [7, 11) is 1.60. The summed E-state index contributed by atoms with van der Waals surface area (Å²) >= 11 is 0. The predicted octanol–water partition coefficient (Wildman–Crippen LogP) is 7.25. The molecule has 3 aromatic carbocycles. The number of carbonyl (C=O) groups is 1. The zero-order valence-corrected chi connectivity index (χ0v) is 22.1. The van der Waals surface area contributed by atoms with Gasteiger partial charge >= 0.3 is 6.18 Å². The number of ether oxygens (including phenoxy) is 1. The van der Waals surface area contributed by atoms with Crippen LogP contribution < -0.4 is 10.1 Å². The molecule has 8 heteroatoms. The molecule has 2 aromatic heterocycles. The summed E-state index contributed by atoms with van der Waals surface area (Å²) in [5, 5.41) is 2.75. The average molecular weight is 544 g/mol. The lowest BCUT2D eigenvalue weighted by atomic mass is 10.0. The number of amides is 1. The lowest BCUT2D eigenvalue weighted by molar-refractivity contribution is -0.137. The topological polar surface area (TPSA) is 55.6 Å². The summed E-state index contributed by atoms with van der Waals surface area (Å²) in [4.78, 5) is 17.7. The Kier molecular flexibility index (Phi) is 7.60. The Morgan fingerprint density at radius 3 is 2.48 bits per heavy atom. The third-order valence-electron chi connectivity index (χ3n) is 6.74. The Bertz CT molecular complexity index is 1670. The van der Waals surface area contributed by atoms with Crippen molar-refractivity contribution in [3.63, 3.8) is 0 Å². The molecule has 40 heavy (non-hydrogen) atoms. The molecule has 0 atom stereocenters. The van der Waals surface area contributed by atoms with E-state index in [0.717, 1.165) is 51.4 Å². The molecule has 2 heterocycles. The van der Waals surface area contributed by atoms with E-state index < -0.39 is 11.7 Å². The number of hydrogen-bond donors (Lipinski definition) is 1. The van der Waals surface area contributed by atoms with Crippen LogP contribution in [-0.2, 0) is 23.9 Å². The first kappa shape index (κ1) is 27.0. The van der Waals surface area contributed by atoms with E-state index in [1.807, 2.05) is 66.1 Å². The van der Waals surface area contributed by atoms with Crippen molar-refractivity contribution >= 4 is 11.6 Å². The van der Waals surface area contributed by atoms with E-state index in [0.29, 0.717) is 17.7 Å². The Hall–Kier alpha value is -4.59. The molecule has 0 saturated carbocycles. The normalized spacial score (nSPS) is 11.5. The zero-order valence-electron chi connectivity index (χ0n) is 22.1. The van der Waals surface area contributed by atoms with E-state index in [-0.39, 0.29) is 18.9 Å². The number of aromatic nitrogens is 2. The summed E-state index contributed by atoms with van der Waals surface area (Å²) < 4.78 is 46.6. The maximum Gasteiger partial charge on any atom is 0.416 e. The average Bonchev–Trinajstić information content (AvgIpc) is 3.32. The summed E-state index contributed by atoms with van der Waals surface area (Å²) in [6.45, 7) is 2.06. The number of nitrogens with zero attached hydrogens (tertiary/aromatic N) is 2. The number of methoxy groups -OCH3 is 1. The summed E-state index contributed by atoms with van der Waals surface area (Å²) in [5.41, 5.74) is 6.09. The van der Waals surface area contributed by atoms with Crippen molar-refractivity contribution in [1.29, 1.82) is 0 Å². The van der Waals surface area contributed by atoms with Crippen LogP contribution in [0.25, 0.3) is 28.0 Å². The van der Waals surface area contributed by atoms with E-state index in [4.69, 9.17) is 9.72 Å². The number of carbonyl (C=O) groups excluding carboxylic acids is 1. The number of nitrogens with one attached hydrogen (secondary N) is 1. The van der Waals surface area contributed by atoms with Gasteiger partial charge in [-0.1, -0.05) is 54.1 Å². The van der Waals surface area contributed by atoms with Crippen molar-refractivity contribution in [2.24, 2.45) is 0 Å². The SMILES string of the molecule is COc1cccc(-c2nc3ccc(-c4cccc(C)c4)cn3c2CCC(=O)NCc2cccc(C(F)(F)F)c2)c1. The number of aryl methyl sites for hydroxylation is 2. The minimum Gasteiger partial charge on any atom is -0.497 e. The molecule has 204 valence electrons. The summed E-state index contributed by atoms with van der Waals surface area (Å²) in [6, 6.07) is 24.8. The lowest BCUT2D eigenvalue weighted by Gasteiger charge is -2.11. The van der Waals surface area contributed by atoms with Gasteiger partial charge in [0.1, 0.15) is 11.4 Å². The fraction of sp³-hybridized carbons (Fsp3) is 0.188. The quantitative estimate of drug-likeness (QED) is 0.224. The van der Waals surface area contributed by atoms with Gasteiger partial charge in [0.2, 0.25) is 5.91 Å². The van der Waals surface area contributed by atoms with Gasteiger partial charge in [0, 0.05) is 24.7 Å². The minimum absolute atomic E-state index is 0.0101. The molecule has 0 fully saturated rings. The first-order valence-electron chi connectivity index (χ1n) is 12.9. The Labute approximate surface area is 230 Å². The minimum atomic E-state index is -4.43. The van der Waals surface area contributed by atoms with E-state index in [1.165, 1.54) is 6.07 Å². The van der Waals surface area contributed by atoms with Crippen molar-refractivity contribution in [3.05, 3.63) is 114 Å². The highest BCUT2D eigenvalue weighted by Gasteiger charge is 2.30. The van der Waals surface area contributed by atoms with E-state index in [9.17, 15) is 18.0 Å².